The summed E-state index contributed by atoms with van der Waals surface area (Å²) in [5.41, 5.74) is 1.43. The molecule has 3 aromatic rings. The molecule has 29 heavy (non-hydrogen) atoms. The van der Waals surface area contributed by atoms with E-state index in [-0.39, 0.29) is 23.1 Å². The molecule has 0 radical (unpaired) electrons. The standard InChI is InChI=1S/C21H22F2N2O3S/c1-4-13(2)25-19(26)15-7-5-6-8-16(15)24-21(25)29-12-14-9-10-17(28-20(22)23)18(11-14)27-3/h5-11,13,20H,4,12H2,1-3H3/t13-/m0/s1. The first-order chi connectivity index (χ1) is 13.9. The molecular weight excluding hydrogens is 398 g/mol. The van der Waals surface area contributed by atoms with Crippen LogP contribution in [0.25, 0.3) is 10.9 Å². The maximum Gasteiger partial charge on any atom is 0.387 e. The number of alkyl halides is 2. The second kappa shape index (κ2) is 9.26. The van der Waals surface area contributed by atoms with Crippen molar-refractivity contribution in [3.05, 3.63) is 58.4 Å². The molecular formula is C21H22F2N2O3S. The molecule has 154 valence electrons. The van der Waals surface area contributed by atoms with Crippen LogP contribution in [-0.4, -0.2) is 23.3 Å². The lowest BCUT2D eigenvalue weighted by atomic mass is 10.2. The van der Waals surface area contributed by atoms with Gasteiger partial charge in [-0.3, -0.25) is 9.36 Å². The van der Waals surface area contributed by atoms with E-state index < -0.39 is 6.61 Å². The van der Waals surface area contributed by atoms with Gasteiger partial charge >= 0.3 is 6.61 Å². The van der Waals surface area contributed by atoms with E-state index in [1.54, 1.807) is 22.8 Å². The molecule has 1 aromatic heterocycles. The van der Waals surface area contributed by atoms with Crippen LogP contribution in [0.1, 0.15) is 31.9 Å². The highest BCUT2D eigenvalue weighted by Gasteiger charge is 2.16. The van der Waals surface area contributed by atoms with Crippen LogP contribution in [-0.2, 0) is 5.75 Å². The lowest BCUT2D eigenvalue weighted by Gasteiger charge is -2.18. The molecule has 0 aliphatic rings. The minimum absolute atomic E-state index is 0.00143. The van der Waals surface area contributed by atoms with Crippen LogP contribution in [0.5, 0.6) is 11.5 Å². The summed E-state index contributed by atoms with van der Waals surface area (Å²) in [5, 5.41) is 1.21. The number of para-hydroxylation sites is 1. The van der Waals surface area contributed by atoms with E-state index in [1.165, 1.54) is 24.9 Å². The number of methoxy groups -OCH3 is 1. The summed E-state index contributed by atoms with van der Waals surface area (Å²) >= 11 is 1.42. The summed E-state index contributed by atoms with van der Waals surface area (Å²) in [6.45, 7) is 1.09. The first-order valence-corrected chi connectivity index (χ1v) is 10.2. The van der Waals surface area contributed by atoms with E-state index in [4.69, 9.17) is 9.72 Å². The average Bonchev–Trinajstić information content (AvgIpc) is 2.72. The van der Waals surface area contributed by atoms with Gasteiger partial charge in [0.25, 0.3) is 5.56 Å². The smallest absolute Gasteiger partial charge is 0.387 e. The molecule has 1 heterocycles. The molecule has 0 aliphatic heterocycles. The largest absolute Gasteiger partial charge is 0.493 e. The molecule has 3 rings (SSSR count). The molecule has 0 saturated carbocycles. The monoisotopic (exact) mass is 420 g/mol. The van der Waals surface area contributed by atoms with Gasteiger partial charge in [0.15, 0.2) is 16.7 Å². The first kappa shape index (κ1) is 21.1. The lowest BCUT2D eigenvalue weighted by Crippen LogP contribution is -2.26. The summed E-state index contributed by atoms with van der Waals surface area (Å²) in [5.74, 6) is 0.706. The molecule has 0 N–H and O–H groups in total. The van der Waals surface area contributed by atoms with Crippen molar-refractivity contribution >= 4 is 22.7 Å². The third-order valence-corrected chi connectivity index (χ3v) is 5.64. The minimum Gasteiger partial charge on any atom is -0.493 e. The molecule has 0 spiro atoms. The van der Waals surface area contributed by atoms with Crippen molar-refractivity contribution in [3.63, 3.8) is 0 Å². The number of rotatable bonds is 8. The van der Waals surface area contributed by atoms with Crippen molar-refractivity contribution in [2.24, 2.45) is 0 Å². The van der Waals surface area contributed by atoms with Gasteiger partial charge in [0.1, 0.15) is 0 Å². The number of fused-ring (bicyclic) bond motifs is 1. The van der Waals surface area contributed by atoms with Crippen LogP contribution in [0.3, 0.4) is 0 Å². The van der Waals surface area contributed by atoms with Gasteiger partial charge in [-0.05, 0) is 43.2 Å². The number of hydrogen-bond donors (Lipinski definition) is 0. The zero-order valence-corrected chi connectivity index (χ0v) is 17.2. The number of aromatic nitrogens is 2. The molecule has 8 heteroatoms. The van der Waals surface area contributed by atoms with Gasteiger partial charge in [-0.15, -0.1) is 0 Å². The third kappa shape index (κ3) is 4.70. The molecule has 0 saturated heterocycles. The summed E-state index contributed by atoms with van der Waals surface area (Å²) in [6.07, 6.45) is 0.793. The number of benzene rings is 2. The Morgan fingerprint density at radius 1 is 1.17 bits per heavy atom. The topological polar surface area (TPSA) is 53.4 Å². The highest BCUT2D eigenvalue weighted by molar-refractivity contribution is 7.98. The van der Waals surface area contributed by atoms with E-state index in [2.05, 4.69) is 4.74 Å². The Morgan fingerprint density at radius 3 is 2.62 bits per heavy atom. The number of ether oxygens (including phenoxy) is 2. The predicted molar refractivity (Wildman–Crippen MR) is 110 cm³/mol. The van der Waals surface area contributed by atoms with Crippen LogP contribution in [0.2, 0.25) is 0 Å². The van der Waals surface area contributed by atoms with Crippen molar-refractivity contribution in [2.75, 3.05) is 7.11 Å². The Kier molecular flexibility index (Phi) is 6.74. The highest BCUT2D eigenvalue weighted by Crippen LogP contribution is 2.32. The van der Waals surface area contributed by atoms with Crippen molar-refractivity contribution < 1.29 is 18.3 Å². The highest BCUT2D eigenvalue weighted by atomic mass is 32.2. The number of hydrogen-bond acceptors (Lipinski definition) is 5. The molecule has 0 fully saturated rings. The average molecular weight is 420 g/mol. The molecule has 0 bridgehead atoms. The second-order valence-electron chi connectivity index (χ2n) is 6.50. The van der Waals surface area contributed by atoms with Crippen LogP contribution in [0.15, 0.2) is 52.4 Å². The maximum atomic E-state index is 13.0. The van der Waals surface area contributed by atoms with Gasteiger partial charge in [-0.1, -0.05) is 36.9 Å². The van der Waals surface area contributed by atoms with E-state index in [1.807, 2.05) is 32.0 Å². The fraction of sp³-hybridized carbons (Fsp3) is 0.333. The molecule has 1 atom stereocenters. The quantitative estimate of drug-likeness (QED) is 0.367. The number of thioether (sulfide) groups is 1. The Morgan fingerprint density at radius 2 is 1.93 bits per heavy atom. The zero-order valence-electron chi connectivity index (χ0n) is 16.4. The van der Waals surface area contributed by atoms with Crippen molar-refractivity contribution in [1.29, 1.82) is 0 Å². The molecule has 5 nitrogen and oxygen atoms in total. The van der Waals surface area contributed by atoms with E-state index in [9.17, 15) is 13.6 Å². The third-order valence-electron chi connectivity index (χ3n) is 4.62. The summed E-state index contributed by atoms with van der Waals surface area (Å²) in [7, 11) is 1.40. The van der Waals surface area contributed by atoms with E-state index >= 15 is 0 Å². The van der Waals surface area contributed by atoms with Crippen molar-refractivity contribution in [1.82, 2.24) is 9.55 Å². The summed E-state index contributed by atoms with van der Waals surface area (Å²) in [6, 6.07) is 12.1. The molecule has 0 amide bonds. The molecule has 0 aliphatic carbocycles. The minimum atomic E-state index is -2.92. The fourth-order valence-electron chi connectivity index (χ4n) is 2.94. The van der Waals surface area contributed by atoms with Crippen LogP contribution < -0.4 is 15.0 Å². The van der Waals surface area contributed by atoms with Gasteiger partial charge in [0, 0.05) is 11.8 Å². The molecule has 2 aromatic carbocycles. The van der Waals surface area contributed by atoms with E-state index in [0.717, 1.165) is 12.0 Å². The summed E-state index contributed by atoms with van der Waals surface area (Å²) in [4.78, 5) is 17.7. The lowest BCUT2D eigenvalue weighted by molar-refractivity contribution is -0.0512. The second-order valence-corrected chi connectivity index (χ2v) is 7.44. The van der Waals surface area contributed by atoms with Crippen molar-refractivity contribution in [3.8, 4) is 11.5 Å². The van der Waals surface area contributed by atoms with Gasteiger partial charge in [0.2, 0.25) is 0 Å². The van der Waals surface area contributed by atoms with E-state index in [0.29, 0.717) is 21.8 Å². The maximum absolute atomic E-state index is 13.0. The molecule has 0 unspecified atom stereocenters. The summed E-state index contributed by atoms with van der Waals surface area (Å²) < 4.78 is 36.3. The number of nitrogens with zero attached hydrogens (tertiary/aromatic N) is 2. The normalized spacial score (nSPS) is 12.3. The zero-order chi connectivity index (χ0) is 21.0. The van der Waals surface area contributed by atoms with Gasteiger partial charge in [-0.2, -0.15) is 8.78 Å². The van der Waals surface area contributed by atoms with Gasteiger partial charge < -0.3 is 9.47 Å². The Balaban J connectivity index is 1.93. The Labute approximate surface area is 171 Å². The van der Waals surface area contributed by atoms with Crippen LogP contribution in [0.4, 0.5) is 8.78 Å². The Hall–Kier alpha value is -2.61. The first-order valence-electron chi connectivity index (χ1n) is 9.20. The van der Waals surface area contributed by atoms with Gasteiger partial charge in [-0.25, -0.2) is 4.98 Å². The predicted octanol–water partition coefficient (Wildman–Crippen LogP) is 5.27. The Bertz CT molecular complexity index is 1060. The number of halogens is 2. The SMILES string of the molecule is CC[C@H](C)n1c(SCc2ccc(OC(F)F)c(OC)c2)nc2ccccc2c1=O. The van der Waals surface area contributed by atoms with Crippen LogP contribution in [0, 0.1) is 0 Å². The fourth-order valence-corrected chi connectivity index (χ4v) is 3.98. The van der Waals surface area contributed by atoms with Crippen LogP contribution >= 0.6 is 11.8 Å². The van der Waals surface area contributed by atoms with Crippen molar-refractivity contribution in [2.45, 2.75) is 43.8 Å². The van der Waals surface area contributed by atoms with Gasteiger partial charge in [0.05, 0.1) is 18.0 Å².